The number of hydrogen-bond donors (Lipinski definition) is 1. The molecular weight excluding hydrogens is 241 g/mol. The number of rotatable bonds is 1. The highest BCUT2D eigenvalue weighted by atomic mass is 19.1. The van der Waals surface area contributed by atoms with Gasteiger partial charge in [-0.1, -0.05) is 20.3 Å². The van der Waals surface area contributed by atoms with E-state index in [4.69, 9.17) is 5.73 Å². The maximum Gasteiger partial charge on any atom is 0.196 e. The van der Waals surface area contributed by atoms with Gasteiger partial charge in [0.05, 0.1) is 12.1 Å². The van der Waals surface area contributed by atoms with E-state index in [9.17, 15) is 4.39 Å². The van der Waals surface area contributed by atoms with Crippen molar-refractivity contribution in [3.8, 4) is 0 Å². The van der Waals surface area contributed by atoms with E-state index in [1.165, 1.54) is 25.0 Å². The molecule has 2 N–H and O–H groups in total. The van der Waals surface area contributed by atoms with Gasteiger partial charge in [-0.15, -0.1) is 0 Å². The molecule has 1 unspecified atom stereocenters. The van der Waals surface area contributed by atoms with E-state index in [0.29, 0.717) is 5.96 Å². The third-order valence-electron chi connectivity index (χ3n) is 4.90. The summed E-state index contributed by atoms with van der Waals surface area (Å²) in [4.78, 5) is 6.60. The highest BCUT2D eigenvalue weighted by Crippen LogP contribution is 2.52. The Morgan fingerprint density at radius 2 is 1.89 bits per heavy atom. The predicted octanol–water partition coefficient (Wildman–Crippen LogP) is 2.91. The molecule has 1 aliphatic carbocycles. The molecule has 1 aromatic carbocycles. The third-order valence-corrected chi connectivity index (χ3v) is 4.90. The van der Waals surface area contributed by atoms with Gasteiger partial charge in [0, 0.05) is 5.69 Å². The quantitative estimate of drug-likeness (QED) is 0.844. The molecule has 1 heterocycles. The zero-order chi connectivity index (χ0) is 13.7. The van der Waals surface area contributed by atoms with Crippen LogP contribution in [0.4, 0.5) is 10.1 Å². The van der Waals surface area contributed by atoms with Crippen molar-refractivity contribution in [1.29, 1.82) is 0 Å². The second-order valence-electron chi connectivity index (χ2n) is 6.26. The molecule has 3 nitrogen and oxygen atoms in total. The Hall–Kier alpha value is -1.58. The van der Waals surface area contributed by atoms with E-state index in [-0.39, 0.29) is 16.8 Å². The summed E-state index contributed by atoms with van der Waals surface area (Å²) in [6.07, 6.45) is 3.45. The Labute approximate surface area is 113 Å². The molecule has 1 aromatic rings. The molecule has 0 bridgehead atoms. The van der Waals surface area contributed by atoms with Gasteiger partial charge in [0.15, 0.2) is 5.96 Å². The van der Waals surface area contributed by atoms with Gasteiger partial charge < -0.3 is 10.6 Å². The summed E-state index contributed by atoms with van der Waals surface area (Å²) in [5, 5.41) is 0. The maximum atomic E-state index is 13.1. The molecule has 0 amide bonds. The average molecular weight is 261 g/mol. The first-order valence-corrected chi connectivity index (χ1v) is 6.82. The lowest BCUT2D eigenvalue weighted by molar-refractivity contribution is 0.227. The van der Waals surface area contributed by atoms with Crippen LogP contribution >= 0.6 is 0 Å². The number of halogens is 1. The van der Waals surface area contributed by atoms with Crippen LogP contribution < -0.4 is 10.6 Å². The van der Waals surface area contributed by atoms with Crippen LogP contribution in [-0.4, -0.2) is 18.0 Å². The highest BCUT2D eigenvalue weighted by Gasteiger charge is 2.56. The van der Waals surface area contributed by atoms with E-state index < -0.39 is 0 Å². The molecule has 2 aliphatic rings. The Morgan fingerprint density at radius 3 is 2.47 bits per heavy atom. The first-order valence-electron chi connectivity index (χ1n) is 6.82. The molecule has 1 spiro atoms. The van der Waals surface area contributed by atoms with Gasteiger partial charge in [-0.3, -0.25) is 4.99 Å². The SMILES string of the molecule is CC1(C)CCCC12CN=C(N)N2c1ccc(F)cc1. The Balaban J connectivity index is 2.06. The van der Waals surface area contributed by atoms with Crippen LogP contribution in [0, 0.1) is 11.2 Å². The Morgan fingerprint density at radius 1 is 1.21 bits per heavy atom. The second-order valence-corrected chi connectivity index (χ2v) is 6.26. The summed E-state index contributed by atoms with van der Waals surface area (Å²) in [6.45, 7) is 5.30. The van der Waals surface area contributed by atoms with E-state index in [1.54, 1.807) is 12.1 Å². The van der Waals surface area contributed by atoms with Gasteiger partial charge in [-0.2, -0.15) is 0 Å². The number of benzene rings is 1. The first kappa shape index (κ1) is 12.5. The molecule has 19 heavy (non-hydrogen) atoms. The van der Waals surface area contributed by atoms with Crippen molar-refractivity contribution in [2.45, 2.75) is 38.6 Å². The molecule has 0 aromatic heterocycles. The molecule has 1 fully saturated rings. The minimum atomic E-state index is -0.224. The summed E-state index contributed by atoms with van der Waals surface area (Å²) in [5.41, 5.74) is 7.16. The summed E-state index contributed by atoms with van der Waals surface area (Å²) < 4.78 is 13.1. The number of guanidine groups is 1. The minimum absolute atomic E-state index is 0.0467. The fraction of sp³-hybridized carbons (Fsp3) is 0.533. The van der Waals surface area contributed by atoms with Crippen LogP contribution in [0.1, 0.15) is 33.1 Å². The van der Waals surface area contributed by atoms with Gasteiger partial charge >= 0.3 is 0 Å². The predicted molar refractivity (Wildman–Crippen MR) is 75.7 cm³/mol. The van der Waals surface area contributed by atoms with Gasteiger partial charge in [0.25, 0.3) is 0 Å². The average Bonchev–Trinajstić information content (AvgIpc) is 2.84. The molecule has 0 radical (unpaired) electrons. The maximum absolute atomic E-state index is 13.1. The summed E-state index contributed by atoms with van der Waals surface area (Å²) in [5.74, 6) is 0.333. The lowest BCUT2D eigenvalue weighted by atomic mass is 9.74. The highest BCUT2D eigenvalue weighted by molar-refractivity contribution is 5.98. The van der Waals surface area contributed by atoms with Crippen molar-refractivity contribution in [3.05, 3.63) is 30.1 Å². The number of nitrogens with zero attached hydrogens (tertiary/aromatic N) is 2. The molecule has 102 valence electrons. The van der Waals surface area contributed by atoms with Crippen LogP contribution in [0.3, 0.4) is 0 Å². The van der Waals surface area contributed by atoms with Crippen LogP contribution in [0.15, 0.2) is 29.3 Å². The lowest BCUT2D eigenvalue weighted by Gasteiger charge is -2.45. The second kappa shape index (κ2) is 3.95. The van der Waals surface area contributed by atoms with E-state index in [1.807, 2.05) is 0 Å². The first-order chi connectivity index (χ1) is 8.96. The normalized spacial score (nSPS) is 29.0. The van der Waals surface area contributed by atoms with Crippen LogP contribution in [0.5, 0.6) is 0 Å². The van der Waals surface area contributed by atoms with Crippen LogP contribution in [0.2, 0.25) is 0 Å². The van der Waals surface area contributed by atoms with E-state index in [0.717, 1.165) is 18.7 Å². The summed E-state index contributed by atoms with van der Waals surface area (Å²) in [6, 6.07) is 6.55. The van der Waals surface area contributed by atoms with Gasteiger partial charge in [-0.05, 0) is 42.5 Å². The van der Waals surface area contributed by atoms with E-state index >= 15 is 0 Å². The standard InChI is InChI=1S/C15H20FN3/c1-14(2)8-3-9-15(14)10-18-13(17)19(15)12-6-4-11(16)5-7-12/h4-7H,3,8-10H2,1-2H3,(H2,17,18). The van der Waals surface area contributed by atoms with Crippen LogP contribution in [-0.2, 0) is 0 Å². The minimum Gasteiger partial charge on any atom is -0.369 e. The molecular formula is C15H20FN3. The van der Waals surface area contributed by atoms with Crippen molar-refractivity contribution in [1.82, 2.24) is 0 Å². The number of hydrogen-bond acceptors (Lipinski definition) is 3. The fourth-order valence-electron chi connectivity index (χ4n) is 3.64. The van der Waals surface area contributed by atoms with Crippen molar-refractivity contribution >= 4 is 11.6 Å². The summed E-state index contributed by atoms with van der Waals surface area (Å²) >= 11 is 0. The summed E-state index contributed by atoms with van der Waals surface area (Å²) in [7, 11) is 0. The zero-order valence-corrected chi connectivity index (χ0v) is 11.5. The molecule has 1 aliphatic heterocycles. The zero-order valence-electron chi connectivity index (χ0n) is 11.5. The number of aliphatic imine (C=N–C) groups is 1. The number of nitrogens with two attached hydrogens (primary N) is 1. The molecule has 3 rings (SSSR count). The van der Waals surface area contributed by atoms with E-state index in [2.05, 4.69) is 23.7 Å². The topological polar surface area (TPSA) is 41.6 Å². The van der Waals surface area contributed by atoms with Crippen LogP contribution in [0.25, 0.3) is 0 Å². The largest absolute Gasteiger partial charge is 0.369 e. The van der Waals surface area contributed by atoms with Crippen molar-refractivity contribution in [2.24, 2.45) is 16.1 Å². The van der Waals surface area contributed by atoms with Gasteiger partial charge in [0.2, 0.25) is 0 Å². The third kappa shape index (κ3) is 1.66. The number of anilines is 1. The van der Waals surface area contributed by atoms with Crippen molar-refractivity contribution < 1.29 is 4.39 Å². The molecule has 4 heteroatoms. The molecule has 1 atom stereocenters. The van der Waals surface area contributed by atoms with Crippen molar-refractivity contribution in [3.63, 3.8) is 0 Å². The van der Waals surface area contributed by atoms with Crippen molar-refractivity contribution in [2.75, 3.05) is 11.4 Å². The lowest BCUT2D eigenvalue weighted by Crippen LogP contribution is -2.57. The van der Waals surface area contributed by atoms with Gasteiger partial charge in [-0.25, -0.2) is 4.39 Å². The fourth-order valence-corrected chi connectivity index (χ4v) is 3.64. The molecule has 1 saturated carbocycles. The monoisotopic (exact) mass is 261 g/mol. The Kier molecular flexibility index (Phi) is 2.59. The smallest absolute Gasteiger partial charge is 0.196 e. The Bertz CT molecular complexity index is 521. The van der Waals surface area contributed by atoms with Gasteiger partial charge in [0.1, 0.15) is 5.82 Å². The molecule has 0 saturated heterocycles.